The number of hydrogen-bond acceptors (Lipinski definition) is 1. The summed E-state index contributed by atoms with van der Waals surface area (Å²) in [4.78, 5) is 0. The second-order valence-electron chi connectivity index (χ2n) is 5.69. The molecule has 1 aromatic carbocycles. The van der Waals surface area contributed by atoms with Gasteiger partial charge in [0.15, 0.2) is 0 Å². The molecular weight excluding hydrogens is 203 g/mol. The lowest BCUT2D eigenvalue weighted by molar-refractivity contribution is -0.303. The van der Waals surface area contributed by atoms with Gasteiger partial charge in [-0.2, -0.15) is 0 Å². The fraction of sp³-hybridized carbons (Fsp3) is 0.571. The highest BCUT2D eigenvalue weighted by Crippen LogP contribution is 2.79. The summed E-state index contributed by atoms with van der Waals surface area (Å²) in [5, 5.41) is 9.87. The van der Waals surface area contributed by atoms with Crippen molar-refractivity contribution in [2.45, 2.75) is 31.3 Å². The van der Waals surface area contributed by atoms with Crippen LogP contribution >= 0.6 is 0 Å². The average molecular weight is 218 g/mol. The molecule has 3 aliphatic rings. The average Bonchev–Trinajstić information content (AvgIpc) is 2.22. The molecule has 5 atom stereocenters. The molecule has 3 fully saturated rings. The lowest BCUT2D eigenvalue weighted by atomic mass is 9.27. The SMILES string of the molecule is O[C@H]1CC2[C@@H](c3ccc(F)cc3)C3CCC321. The van der Waals surface area contributed by atoms with E-state index in [0.29, 0.717) is 23.2 Å². The van der Waals surface area contributed by atoms with E-state index in [4.69, 9.17) is 0 Å². The highest BCUT2D eigenvalue weighted by Gasteiger charge is 2.75. The molecule has 0 aliphatic heterocycles. The minimum atomic E-state index is -0.156. The summed E-state index contributed by atoms with van der Waals surface area (Å²) in [6.45, 7) is 0. The van der Waals surface area contributed by atoms with Crippen molar-refractivity contribution in [3.05, 3.63) is 35.6 Å². The Morgan fingerprint density at radius 3 is 2.44 bits per heavy atom. The van der Waals surface area contributed by atoms with Crippen LogP contribution in [0.4, 0.5) is 4.39 Å². The van der Waals surface area contributed by atoms with Gasteiger partial charge in [0.1, 0.15) is 5.82 Å². The van der Waals surface area contributed by atoms with Gasteiger partial charge in [-0.05, 0) is 54.7 Å². The van der Waals surface area contributed by atoms with E-state index in [1.807, 2.05) is 12.1 Å². The van der Waals surface area contributed by atoms with Crippen LogP contribution in [0, 0.1) is 23.1 Å². The van der Waals surface area contributed by atoms with E-state index < -0.39 is 0 Å². The van der Waals surface area contributed by atoms with Crippen LogP contribution in [0.2, 0.25) is 0 Å². The van der Waals surface area contributed by atoms with Gasteiger partial charge in [-0.15, -0.1) is 0 Å². The largest absolute Gasteiger partial charge is 0.393 e. The molecule has 1 N–H and O–H groups in total. The summed E-state index contributed by atoms with van der Waals surface area (Å²) in [7, 11) is 0. The maximum atomic E-state index is 12.9. The molecule has 0 bridgehead atoms. The van der Waals surface area contributed by atoms with Crippen molar-refractivity contribution in [1.29, 1.82) is 0 Å². The Morgan fingerprint density at radius 1 is 1.19 bits per heavy atom. The van der Waals surface area contributed by atoms with Crippen molar-refractivity contribution in [3.63, 3.8) is 0 Å². The minimum Gasteiger partial charge on any atom is -0.393 e. The van der Waals surface area contributed by atoms with Crippen LogP contribution in [-0.4, -0.2) is 11.2 Å². The summed E-state index contributed by atoms with van der Waals surface area (Å²) >= 11 is 0. The molecule has 1 aromatic rings. The van der Waals surface area contributed by atoms with Crippen LogP contribution in [0.15, 0.2) is 24.3 Å². The number of rotatable bonds is 1. The number of benzene rings is 1. The third-order valence-corrected chi connectivity index (χ3v) is 5.49. The van der Waals surface area contributed by atoms with Gasteiger partial charge in [0, 0.05) is 5.41 Å². The van der Waals surface area contributed by atoms with Gasteiger partial charge in [-0.1, -0.05) is 12.1 Å². The molecule has 4 rings (SSSR count). The first-order chi connectivity index (χ1) is 7.73. The number of aliphatic hydroxyl groups excluding tert-OH is 1. The number of hydrogen-bond donors (Lipinski definition) is 1. The fourth-order valence-corrected chi connectivity index (χ4v) is 4.59. The quantitative estimate of drug-likeness (QED) is 0.768. The lowest BCUT2D eigenvalue weighted by Gasteiger charge is -2.77. The summed E-state index contributed by atoms with van der Waals surface area (Å²) in [6, 6.07) is 6.96. The maximum Gasteiger partial charge on any atom is 0.123 e. The predicted molar refractivity (Wildman–Crippen MR) is 58.4 cm³/mol. The minimum absolute atomic E-state index is 0.0482. The monoisotopic (exact) mass is 218 g/mol. The molecule has 2 heteroatoms. The van der Waals surface area contributed by atoms with Crippen LogP contribution < -0.4 is 0 Å². The molecule has 84 valence electrons. The zero-order valence-electron chi connectivity index (χ0n) is 9.07. The van der Waals surface area contributed by atoms with Crippen molar-refractivity contribution in [1.82, 2.24) is 0 Å². The maximum absolute atomic E-state index is 12.9. The van der Waals surface area contributed by atoms with Crippen LogP contribution in [0.3, 0.4) is 0 Å². The highest BCUT2D eigenvalue weighted by molar-refractivity contribution is 5.36. The van der Waals surface area contributed by atoms with E-state index in [0.717, 1.165) is 6.42 Å². The Kier molecular flexibility index (Phi) is 1.53. The first-order valence-corrected chi connectivity index (χ1v) is 6.17. The molecule has 0 heterocycles. The van der Waals surface area contributed by atoms with Crippen molar-refractivity contribution in [2.75, 3.05) is 0 Å². The van der Waals surface area contributed by atoms with E-state index in [9.17, 15) is 9.50 Å². The van der Waals surface area contributed by atoms with Gasteiger partial charge in [0.25, 0.3) is 0 Å². The molecule has 0 amide bonds. The summed E-state index contributed by atoms with van der Waals surface area (Å²) in [5.74, 6) is 1.78. The fourth-order valence-electron chi connectivity index (χ4n) is 4.59. The van der Waals surface area contributed by atoms with Crippen molar-refractivity contribution >= 4 is 0 Å². The van der Waals surface area contributed by atoms with Crippen LogP contribution in [0.1, 0.15) is 30.7 Å². The molecule has 16 heavy (non-hydrogen) atoms. The van der Waals surface area contributed by atoms with E-state index in [1.54, 1.807) is 12.1 Å². The zero-order valence-corrected chi connectivity index (χ0v) is 9.07. The van der Waals surface area contributed by atoms with Crippen molar-refractivity contribution in [2.24, 2.45) is 17.3 Å². The summed E-state index contributed by atoms with van der Waals surface area (Å²) in [5.41, 5.74) is 1.57. The van der Waals surface area contributed by atoms with E-state index in [1.165, 1.54) is 18.4 Å². The molecular formula is C14H15FO. The smallest absolute Gasteiger partial charge is 0.123 e. The molecule has 3 aliphatic carbocycles. The van der Waals surface area contributed by atoms with Crippen LogP contribution in [0.25, 0.3) is 0 Å². The van der Waals surface area contributed by atoms with Crippen LogP contribution in [0.5, 0.6) is 0 Å². The molecule has 0 aromatic heterocycles. The van der Waals surface area contributed by atoms with Crippen LogP contribution in [-0.2, 0) is 0 Å². The van der Waals surface area contributed by atoms with Gasteiger partial charge < -0.3 is 5.11 Å². The van der Waals surface area contributed by atoms with E-state index >= 15 is 0 Å². The van der Waals surface area contributed by atoms with Gasteiger partial charge in [-0.25, -0.2) is 4.39 Å². The first kappa shape index (κ1) is 9.17. The van der Waals surface area contributed by atoms with E-state index in [2.05, 4.69) is 0 Å². The van der Waals surface area contributed by atoms with Gasteiger partial charge in [-0.3, -0.25) is 0 Å². The third kappa shape index (κ3) is 0.797. The third-order valence-electron chi connectivity index (χ3n) is 5.49. The normalized spacial score (nSPS) is 48.1. The standard InChI is InChI=1S/C14H15FO/c15-9-3-1-8(2-4-9)13-10-5-6-14(10)11(13)7-12(14)16/h1-4,10-13,16H,5-7H2/t10?,11?,12-,13-,14?/m0/s1. The Bertz CT molecular complexity index is 433. The first-order valence-electron chi connectivity index (χ1n) is 6.17. The summed E-state index contributed by atoms with van der Waals surface area (Å²) in [6.07, 6.45) is 3.36. The lowest BCUT2D eigenvalue weighted by Crippen LogP contribution is -2.74. The van der Waals surface area contributed by atoms with Gasteiger partial charge in [0.05, 0.1) is 6.10 Å². The Labute approximate surface area is 94.3 Å². The molecule has 0 radical (unpaired) electrons. The molecule has 0 saturated heterocycles. The molecule has 3 saturated carbocycles. The highest BCUT2D eigenvalue weighted by atomic mass is 19.1. The molecule has 1 nitrogen and oxygen atoms in total. The van der Waals surface area contributed by atoms with Crippen molar-refractivity contribution in [3.8, 4) is 0 Å². The topological polar surface area (TPSA) is 20.2 Å². The van der Waals surface area contributed by atoms with Crippen molar-refractivity contribution < 1.29 is 9.50 Å². The molecule has 1 spiro atoms. The Morgan fingerprint density at radius 2 is 1.94 bits per heavy atom. The van der Waals surface area contributed by atoms with Gasteiger partial charge in [0.2, 0.25) is 0 Å². The second kappa shape index (κ2) is 2.67. The second-order valence-corrected chi connectivity index (χ2v) is 5.69. The van der Waals surface area contributed by atoms with Gasteiger partial charge >= 0.3 is 0 Å². The zero-order chi connectivity index (χ0) is 10.9. The molecule has 3 unspecified atom stereocenters. The van der Waals surface area contributed by atoms with E-state index in [-0.39, 0.29) is 11.9 Å². The predicted octanol–water partition coefficient (Wildman–Crippen LogP) is 2.70. The Balaban J connectivity index is 1.65. The number of aliphatic hydroxyl groups is 1. The Hall–Kier alpha value is -0.890. The summed E-state index contributed by atoms with van der Waals surface area (Å²) < 4.78 is 12.9. The number of halogens is 1.